The van der Waals surface area contributed by atoms with Gasteiger partial charge in [0.1, 0.15) is 6.61 Å². The largest absolute Gasteiger partial charge is 0.461 e. The fourth-order valence-corrected chi connectivity index (χ4v) is 3.26. The van der Waals surface area contributed by atoms with E-state index in [-0.39, 0.29) is 5.97 Å². The van der Waals surface area contributed by atoms with Crippen molar-refractivity contribution >= 4 is 16.7 Å². The molecule has 0 heterocycles. The van der Waals surface area contributed by atoms with Crippen molar-refractivity contribution in [2.24, 2.45) is 5.92 Å². The second-order valence-electron chi connectivity index (χ2n) is 6.01. The Morgan fingerprint density at radius 1 is 1.00 bits per heavy atom. The van der Waals surface area contributed by atoms with Gasteiger partial charge in [-0.25, -0.2) is 0 Å². The SMILES string of the molecule is O=C(CC1CCCCC1)OCc1cccc2ccccc12. The molecule has 1 aliphatic carbocycles. The van der Waals surface area contributed by atoms with E-state index < -0.39 is 0 Å². The summed E-state index contributed by atoms with van der Waals surface area (Å²) in [7, 11) is 0. The Kier molecular flexibility index (Phi) is 4.54. The third kappa shape index (κ3) is 3.63. The normalized spacial score (nSPS) is 16.0. The average Bonchev–Trinajstić information content (AvgIpc) is 2.54. The quantitative estimate of drug-likeness (QED) is 0.749. The van der Waals surface area contributed by atoms with Crippen LogP contribution in [0.25, 0.3) is 10.8 Å². The summed E-state index contributed by atoms with van der Waals surface area (Å²) in [6.45, 7) is 0.382. The monoisotopic (exact) mass is 282 g/mol. The lowest BCUT2D eigenvalue weighted by Gasteiger charge is -2.20. The lowest BCUT2D eigenvalue weighted by atomic mass is 9.87. The van der Waals surface area contributed by atoms with Crippen molar-refractivity contribution in [2.45, 2.75) is 45.1 Å². The molecule has 1 aliphatic rings. The maximum absolute atomic E-state index is 12.0. The average molecular weight is 282 g/mol. The second-order valence-corrected chi connectivity index (χ2v) is 6.01. The zero-order valence-electron chi connectivity index (χ0n) is 12.4. The highest BCUT2D eigenvalue weighted by molar-refractivity contribution is 5.85. The molecular weight excluding hydrogens is 260 g/mol. The van der Waals surface area contributed by atoms with Gasteiger partial charge < -0.3 is 4.74 Å². The van der Waals surface area contributed by atoms with Crippen LogP contribution >= 0.6 is 0 Å². The standard InChI is InChI=1S/C19H22O2/c20-19(13-15-7-2-1-3-8-15)21-14-17-11-6-10-16-9-4-5-12-18(16)17/h4-6,9-12,15H,1-3,7-8,13-14H2. The summed E-state index contributed by atoms with van der Waals surface area (Å²) >= 11 is 0. The van der Waals surface area contributed by atoms with E-state index in [9.17, 15) is 4.79 Å². The van der Waals surface area contributed by atoms with Crippen molar-refractivity contribution in [3.8, 4) is 0 Å². The minimum Gasteiger partial charge on any atom is -0.461 e. The highest BCUT2D eigenvalue weighted by Gasteiger charge is 2.18. The zero-order chi connectivity index (χ0) is 14.5. The summed E-state index contributed by atoms with van der Waals surface area (Å²) in [5.74, 6) is 0.494. The van der Waals surface area contributed by atoms with Crippen LogP contribution in [-0.4, -0.2) is 5.97 Å². The Morgan fingerprint density at radius 2 is 1.76 bits per heavy atom. The molecule has 2 heteroatoms. The number of carbonyl (C=O) groups excluding carboxylic acids is 1. The predicted octanol–water partition coefficient (Wildman–Crippen LogP) is 4.85. The molecule has 0 saturated heterocycles. The number of carbonyl (C=O) groups is 1. The number of esters is 1. The molecule has 21 heavy (non-hydrogen) atoms. The van der Waals surface area contributed by atoms with Gasteiger partial charge in [-0.15, -0.1) is 0 Å². The Morgan fingerprint density at radius 3 is 2.62 bits per heavy atom. The van der Waals surface area contributed by atoms with E-state index in [2.05, 4.69) is 18.2 Å². The van der Waals surface area contributed by atoms with Crippen LogP contribution in [0.2, 0.25) is 0 Å². The molecule has 0 radical (unpaired) electrons. The van der Waals surface area contributed by atoms with Crippen molar-refractivity contribution in [1.82, 2.24) is 0 Å². The molecule has 0 bridgehead atoms. The second kappa shape index (κ2) is 6.75. The zero-order valence-corrected chi connectivity index (χ0v) is 12.4. The van der Waals surface area contributed by atoms with Crippen LogP contribution < -0.4 is 0 Å². The van der Waals surface area contributed by atoms with Gasteiger partial charge in [0.15, 0.2) is 0 Å². The van der Waals surface area contributed by atoms with Gasteiger partial charge >= 0.3 is 5.97 Å². The molecule has 2 nitrogen and oxygen atoms in total. The van der Waals surface area contributed by atoms with E-state index >= 15 is 0 Å². The number of fused-ring (bicyclic) bond motifs is 1. The molecule has 0 amide bonds. The summed E-state index contributed by atoms with van der Waals surface area (Å²) < 4.78 is 5.50. The Balaban J connectivity index is 1.59. The number of ether oxygens (including phenoxy) is 1. The summed E-state index contributed by atoms with van der Waals surface area (Å²) in [6.07, 6.45) is 6.81. The van der Waals surface area contributed by atoms with Gasteiger partial charge in [0, 0.05) is 6.42 Å². The summed E-state index contributed by atoms with van der Waals surface area (Å²) in [6, 6.07) is 14.4. The maximum atomic E-state index is 12.0. The molecule has 0 N–H and O–H groups in total. The van der Waals surface area contributed by atoms with E-state index in [4.69, 9.17) is 4.74 Å². The molecule has 1 fully saturated rings. The van der Waals surface area contributed by atoms with E-state index in [1.54, 1.807) is 0 Å². The van der Waals surface area contributed by atoms with Crippen molar-refractivity contribution in [1.29, 1.82) is 0 Å². The van der Waals surface area contributed by atoms with Crippen LogP contribution in [0.15, 0.2) is 42.5 Å². The lowest BCUT2D eigenvalue weighted by molar-refractivity contribution is -0.146. The summed E-state index contributed by atoms with van der Waals surface area (Å²) in [5.41, 5.74) is 1.09. The number of benzene rings is 2. The molecule has 2 aromatic carbocycles. The van der Waals surface area contributed by atoms with Gasteiger partial charge in [0.2, 0.25) is 0 Å². The molecule has 0 spiro atoms. The van der Waals surface area contributed by atoms with Crippen LogP contribution in [0.4, 0.5) is 0 Å². The Hall–Kier alpha value is -1.83. The third-order valence-electron chi connectivity index (χ3n) is 4.45. The highest BCUT2D eigenvalue weighted by atomic mass is 16.5. The first-order chi connectivity index (χ1) is 10.3. The van der Waals surface area contributed by atoms with E-state index in [1.807, 2.05) is 24.3 Å². The van der Waals surface area contributed by atoms with Crippen LogP contribution in [-0.2, 0) is 16.1 Å². The molecule has 0 aromatic heterocycles. The fraction of sp³-hybridized carbons (Fsp3) is 0.421. The highest BCUT2D eigenvalue weighted by Crippen LogP contribution is 2.27. The predicted molar refractivity (Wildman–Crippen MR) is 84.9 cm³/mol. The molecule has 110 valence electrons. The smallest absolute Gasteiger partial charge is 0.306 e. The molecule has 3 rings (SSSR count). The first kappa shape index (κ1) is 14.1. The molecule has 0 atom stereocenters. The van der Waals surface area contributed by atoms with Crippen LogP contribution in [0.3, 0.4) is 0 Å². The third-order valence-corrected chi connectivity index (χ3v) is 4.45. The van der Waals surface area contributed by atoms with E-state index in [0.29, 0.717) is 18.9 Å². The Bertz CT molecular complexity index is 606. The summed E-state index contributed by atoms with van der Waals surface area (Å²) in [4.78, 5) is 12.0. The first-order valence-electron chi connectivity index (χ1n) is 7.95. The van der Waals surface area contributed by atoms with Crippen LogP contribution in [0.1, 0.15) is 44.1 Å². The first-order valence-corrected chi connectivity index (χ1v) is 7.95. The van der Waals surface area contributed by atoms with Crippen LogP contribution in [0, 0.1) is 5.92 Å². The molecular formula is C19H22O2. The van der Waals surface area contributed by atoms with E-state index in [0.717, 1.165) is 5.56 Å². The van der Waals surface area contributed by atoms with Crippen molar-refractivity contribution in [3.63, 3.8) is 0 Å². The molecule has 1 saturated carbocycles. The summed E-state index contributed by atoms with van der Waals surface area (Å²) in [5, 5.41) is 2.36. The molecule has 0 unspecified atom stereocenters. The van der Waals surface area contributed by atoms with Gasteiger partial charge in [0.25, 0.3) is 0 Å². The molecule has 2 aromatic rings. The maximum Gasteiger partial charge on any atom is 0.306 e. The number of rotatable bonds is 4. The van der Waals surface area contributed by atoms with Gasteiger partial charge in [0.05, 0.1) is 0 Å². The van der Waals surface area contributed by atoms with Crippen molar-refractivity contribution in [3.05, 3.63) is 48.0 Å². The lowest BCUT2D eigenvalue weighted by Crippen LogP contribution is -2.14. The number of hydrogen-bond acceptors (Lipinski definition) is 2. The van der Waals surface area contributed by atoms with Gasteiger partial charge in [-0.3, -0.25) is 4.79 Å². The van der Waals surface area contributed by atoms with Gasteiger partial charge in [-0.1, -0.05) is 61.7 Å². The molecule has 0 aliphatic heterocycles. The fourth-order valence-electron chi connectivity index (χ4n) is 3.26. The minimum absolute atomic E-state index is 0.0464. The Labute approximate surface area is 126 Å². The van der Waals surface area contributed by atoms with E-state index in [1.165, 1.54) is 42.9 Å². The topological polar surface area (TPSA) is 26.3 Å². The van der Waals surface area contributed by atoms with Gasteiger partial charge in [-0.2, -0.15) is 0 Å². The van der Waals surface area contributed by atoms with Crippen molar-refractivity contribution in [2.75, 3.05) is 0 Å². The number of hydrogen-bond donors (Lipinski definition) is 0. The van der Waals surface area contributed by atoms with Crippen LogP contribution in [0.5, 0.6) is 0 Å². The minimum atomic E-state index is -0.0464. The van der Waals surface area contributed by atoms with Crippen molar-refractivity contribution < 1.29 is 9.53 Å². The van der Waals surface area contributed by atoms with Gasteiger partial charge in [-0.05, 0) is 35.1 Å².